The van der Waals surface area contributed by atoms with Gasteiger partial charge in [-0.15, -0.1) is 0 Å². The fourth-order valence-corrected chi connectivity index (χ4v) is 14.4. The van der Waals surface area contributed by atoms with Crippen molar-refractivity contribution in [2.24, 2.45) is 0 Å². The fraction of sp³-hybridized carbons (Fsp3) is 0.189. The maximum atomic E-state index is 2.64. The summed E-state index contributed by atoms with van der Waals surface area (Å²) in [6.07, 6.45) is 0. The van der Waals surface area contributed by atoms with E-state index in [0.29, 0.717) is 0 Å². The van der Waals surface area contributed by atoms with Crippen LogP contribution in [0.3, 0.4) is 0 Å². The van der Waals surface area contributed by atoms with Crippen LogP contribution in [0, 0.1) is 0 Å². The molecule has 0 bridgehead atoms. The molecular formula is C74H63N. The Morgan fingerprint density at radius 1 is 0.320 bits per heavy atom. The number of rotatable bonds is 5. The third kappa shape index (κ3) is 6.19. The number of benzene rings is 10. The summed E-state index contributed by atoms with van der Waals surface area (Å²) >= 11 is 0. The number of nitrogens with zero attached hydrogens (tertiary/aromatic N) is 1. The van der Waals surface area contributed by atoms with E-state index in [4.69, 9.17) is 0 Å². The van der Waals surface area contributed by atoms with Gasteiger partial charge in [-0.1, -0.05) is 250 Å². The van der Waals surface area contributed by atoms with Crippen molar-refractivity contribution in [3.8, 4) is 55.6 Å². The number of fused-ring (bicyclic) bond motifs is 16. The summed E-state index contributed by atoms with van der Waals surface area (Å²) in [5.74, 6) is 0. The van der Waals surface area contributed by atoms with E-state index < -0.39 is 5.41 Å². The van der Waals surface area contributed by atoms with Crippen LogP contribution in [0.4, 0.5) is 17.1 Å². The van der Waals surface area contributed by atoms with E-state index in [-0.39, 0.29) is 21.7 Å². The van der Waals surface area contributed by atoms with Crippen molar-refractivity contribution >= 4 is 17.1 Å². The summed E-state index contributed by atoms with van der Waals surface area (Å²) in [5.41, 5.74) is 30.0. The lowest BCUT2D eigenvalue weighted by atomic mass is 9.69. The van der Waals surface area contributed by atoms with Crippen LogP contribution in [0.25, 0.3) is 55.6 Å². The van der Waals surface area contributed by atoms with Gasteiger partial charge in [0.2, 0.25) is 0 Å². The molecule has 364 valence electrons. The van der Waals surface area contributed by atoms with E-state index in [1.807, 2.05) is 0 Å². The van der Waals surface area contributed by atoms with E-state index in [0.717, 1.165) is 11.4 Å². The molecule has 0 heterocycles. The molecule has 10 aromatic rings. The molecule has 0 saturated carbocycles. The predicted octanol–water partition coefficient (Wildman–Crippen LogP) is 19.4. The Morgan fingerprint density at radius 3 is 1.43 bits per heavy atom. The van der Waals surface area contributed by atoms with Gasteiger partial charge in [-0.25, -0.2) is 0 Å². The van der Waals surface area contributed by atoms with Crippen LogP contribution in [0.15, 0.2) is 218 Å². The third-order valence-corrected chi connectivity index (χ3v) is 18.1. The average molecular weight is 966 g/mol. The van der Waals surface area contributed by atoms with Crippen molar-refractivity contribution in [1.82, 2.24) is 0 Å². The molecule has 14 rings (SSSR count). The standard InChI is InChI=1S/C74H63N/c1-70(2,3)47-37-40-53-54-41-38-48(71(4,5)6)44-65(54)74(64(53)43-47)61-33-19-15-28-58(61)68-62(74)34-22-36-67(68)75(49-39-42-52-50-25-14-18-32-60(50)73(9,63(52)45-49)46-23-11-10-12-24-46)66-35-20-16-27-55(66)57-30-21-29-56-51-26-13-17-31-59(51)72(7,8)69(56)57/h10-45H,1-9H3. The molecule has 0 fully saturated rings. The number of hydrogen-bond acceptors (Lipinski definition) is 1. The van der Waals surface area contributed by atoms with Crippen molar-refractivity contribution < 1.29 is 0 Å². The van der Waals surface area contributed by atoms with Gasteiger partial charge in [0.05, 0.1) is 16.8 Å². The van der Waals surface area contributed by atoms with E-state index >= 15 is 0 Å². The van der Waals surface area contributed by atoms with Gasteiger partial charge in [0.25, 0.3) is 0 Å². The summed E-state index contributed by atoms with van der Waals surface area (Å²) < 4.78 is 0. The Labute approximate surface area is 444 Å². The highest BCUT2D eigenvalue weighted by molar-refractivity contribution is 6.04. The maximum absolute atomic E-state index is 2.64. The average Bonchev–Trinajstić information content (AvgIpc) is 4.28. The summed E-state index contributed by atoms with van der Waals surface area (Å²) in [6, 6.07) is 84.2. The highest BCUT2D eigenvalue weighted by Crippen LogP contribution is 2.66. The second kappa shape index (κ2) is 15.8. The van der Waals surface area contributed by atoms with E-state index in [1.54, 1.807) is 0 Å². The van der Waals surface area contributed by atoms with Crippen molar-refractivity contribution in [2.75, 3.05) is 4.90 Å². The predicted molar refractivity (Wildman–Crippen MR) is 315 cm³/mol. The molecule has 0 amide bonds. The van der Waals surface area contributed by atoms with Crippen molar-refractivity contribution in [3.63, 3.8) is 0 Å². The molecule has 0 radical (unpaired) electrons. The van der Waals surface area contributed by atoms with Crippen LogP contribution in [0.5, 0.6) is 0 Å². The smallest absolute Gasteiger partial charge is 0.0726 e. The molecule has 10 aromatic carbocycles. The minimum atomic E-state index is -0.554. The van der Waals surface area contributed by atoms with Gasteiger partial charge < -0.3 is 4.90 Å². The summed E-state index contributed by atoms with van der Waals surface area (Å²) in [6.45, 7) is 21.4. The van der Waals surface area contributed by atoms with Crippen molar-refractivity contribution in [2.45, 2.75) is 89.4 Å². The molecule has 0 aliphatic heterocycles. The second-order valence-corrected chi connectivity index (χ2v) is 24.5. The van der Waals surface area contributed by atoms with E-state index in [2.05, 4.69) is 286 Å². The molecule has 1 nitrogen and oxygen atoms in total. The van der Waals surface area contributed by atoms with Gasteiger partial charge in [-0.3, -0.25) is 0 Å². The van der Waals surface area contributed by atoms with E-state index in [1.165, 1.54) is 123 Å². The SMILES string of the molecule is CC(C)(C)c1ccc2c(c1)C1(c3cc(C(C)(C)C)ccc3-2)c2ccccc2-c2c(N(c3ccc4c(c3)C(C)(c3ccccc3)c3ccccc3-4)c3ccccc3-c3cccc4c3C(C)(C)c3ccccc3-4)cccc21. The van der Waals surface area contributed by atoms with Crippen LogP contribution in [-0.2, 0) is 27.1 Å². The van der Waals surface area contributed by atoms with Crippen LogP contribution in [-0.4, -0.2) is 0 Å². The first kappa shape index (κ1) is 45.6. The van der Waals surface area contributed by atoms with Gasteiger partial charge in [0.15, 0.2) is 0 Å². The molecule has 0 aromatic heterocycles. The van der Waals surface area contributed by atoms with Gasteiger partial charge in [0.1, 0.15) is 0 Å². The minimum absolute atomic E-state index is 0.0418. The van der Waals surface area contributed by atoms with Gasteiger partial charge in [-0.2, -0.15) is 0 Å². The zero-order chi connectivity index (χ0) is 51.4. The maximum Gasteiger partial charge on any atom is 0.0726 e. The molecule has 1 unspecified atom stereocenters. The third-order valence-electron chi connectivity index (χ3n) is 18.1. The van der Waals surface area contributed by atoms with Crippen LogP contribution < -0.4 is 4.90 Å². The molecule has 4 aliphatic rings. The van der Waals surface area contributed by atoms with Gasteiger partial charge in [0, 0.05) is 27.6 Å². The Hall–Kier alpha value is -8.00. The van der Waals surface area contributed by atoms with Crippen LogP contribution in [0.2, 0.25) is 0 Å². The van der Waals surface area contributed by atoms with Gasteiger partial charge >= 0.3 is 0 Å². The quantitative estimate of drug-likeness (QED) is 0.166. The summed E-state index contributed by atoms with van der Waals surface area (Å²) in [4.78, 5) is 2.64. The topological polar surface area (TPSA) is 3.24 Å². The lowest BCUT2D eigenvalue weighted by Crippen LogP contribution is -2.27. The lowest BCUT2D eigenvalue weighted by Gasteiger charge is -2.34. The first-order chi connectivity index (χ1) is 36.1. The van der Waals surface area contributed by atoms with Crippen LogP contribution >= 0.6 is 0 Å². The monoisotopic (exact) mass is 965 g/mol. The number of anilines is 3. The Morgan fingerprint density at radius 2 is 0.773 bits per heavy atom. The minimum Gasteiger partial charge on any atom is -0.309 e. The summed E-state index contributed by atoms with van der Waals surface area (Å²) in [7, 11) is 0. The number of para-hydroxylation sites is 1. The zero-order valence-electron chi connectivity index (χ0n) is 44.7. The molecule has 75 heavy (non-hydrogen) atoms. The van der Waals surface area contributed by atoms with Crippen molar-refractivity contribution in [3.05, 3.63) is 280 Å². The second-order valence-electron chi connectivity index (χ2n) is 24.5. The first-order valence-corrected chi connectivity index (χ1v) is 27.1. The lowest BCUT2D eigenvalue weighted by molar-refractivity contribution is 0.586. The first-order valence-electron chi connectivity index (χ1n) is 27.1. The van der Waals surface area contributed by atoms with E-state index in [9.17, 15) is 0 Å². The summed E-state index contributed by atoms with van der Waals surface area (Å²) in [5, 5.41) is 0. The highest BCUT2D eigenvalue weighted by Gasteiger charge is 2.53. The van der Waals surface area contributed by atoms with Crippen molar-refractivity contribution in [1.29, 1.82) is 0 Å². The molecule has 1 heteroatoms. The largest absolute Gasteiger partial charge is 0.309 e. The molecule has 4 aliphatic carbocycles. The highest BCUT2D eigenvalue weighted by atomic mass is 15.1. The molecule has 0 N–H and O–H groups in total. The normalized spacial score (nSPS) is 16.6. The zero-order valence-corrected chi connectivity index (χ0v) is 44.7. The molecule has 0 saturated heterocycles. The Bertz CT molecular complexity index is 3960. The Kier molecular flexibility index (Phi) is 9.58. The molecule has 1 atom stereocenters. The fourth-order valence-electron chi connectivity index (χ4n) is 14.4. The van der Waals surface area contributed by atoms with Crippen LogP contribution in [0.1, 0.15) is 124 Å². The Balaban J connectivity index is 1.09. The molecular weight excluding hydrogens is 903 g/mol. The van der Waals surface area contributed by atoms with Gasteiger partial charge in [-0.05, 0) is 148 Å². The number of hydrogen-bond donors (Lipinski definition) is 0. The molecule has 1 spiro atoms.